The normalized spacial score (nSPS) is 11.1. The fourth-order valence-electron chi connectivity index (χ4n) is 3.22. The fraction of sp³-hybridized carbons (Fsp3) is 0.238. The summed E-state index contributed by atoms with van der Waals surface area (Å²) in [4.78, 5) is 15.9. The van der Waals surface area contributed by atoms with Crippen LogP contribution < -0.4 is 15.0 Å². The number of methoxy groups -OCH3 is 1. The quantitative estimate of drug-likeness (QED) is 0.447. The third-order valence-corrected chi connectivity index (χ3v) is 5.45. The summed E-state index contributed by atoms with van der Waals surface area (Å²) in [6.45, 7) is 1.27. The maximum absolute atomic E-state index is 6.63. The van der Waals surface area contributed by atoms with Crippen molar-refractivity contribution in [2.24, 2.45) is 7.05 Å². The van der Waals surface area contributed by atoms with E-state index >= 15 is 0 Å². The Kier molecular flexibility index (Phi) is 6.22. The van der Waals surface area contributed by atoms with E-state index in [4.69, 9.17) is 37.9 Å². The van der Waals surface area contributed by atoms with Crippen molar-refractivity contribution in [3.05, 3.63) is 52.9 Å². The molecule has 0 saturated heterocycles. The number of nitrogens with zero attached hydrogens (tertiary/aromatic N) is 6. The molecule has 0 bridgehead atoms. The van der Waals surface area contributed by atoms with E-state index in [0.717, 1.165) is 5.56 Å². The molecule has 3 heterocycles. The Morgan fingerprint density at radius 1 is 1.13 bits per heavy atom. The van der Waals surface area contributed by atoms with Gasteiger partial charge in [0, 0.05) is 31.9 Å². The fourth-order valence-corrected chi connectivity index (χ4v) is 3.87. The van der Waals surface area contributed by atoms with Crippen LogP contribution in [-0.2, 0) is 7.05 Å². The van der Waals surface area contributed by atoms with E-state index in [1.54, 1.807) is 36.3 Å². The maximum atomic E-state index is 6.63. The van der Waals surface area contributed by atoms with Crippen LogP contribution in [0.25, 0.3) is 22.4 Å². The summed E-state index contributed by atoms with van der Waals surface area (Å²) >= 11 is 13.2. The predicted molar refractivity (Wildman–Crippen MR) is 123 cm³/mol. The number of likely N-dealkylation sites (N-methyl/N-ethyl adjacent to an activating group) is 1. The van der Waals surface area contributed by atoms with Crippen molar-refractivity contribution in [3.63, 3.8) is 0 Å². The van der Waals surface area contributed by atoms with Crippen LogP contribution in [0, 0.1) is 0 Å². The van der Waals surface area contributed by atoms with Gasteiger partial charge in [-0.3, -0.25) is 9.67 Å². The van der Waals surface area contributed by atoms with Crippen LogP contribution in [0.1, 0.15) is 0 Å². The van der Waals surface area contributed by atoms with E-state index in [-0.39, 0.29) is 0 Å². The zero-order valence-corrected chi connectivity index (χ0v) is 18.8. The molecule has 0 aliphatic carbocycles. The number of nitrogens with one attached hydrogen (secondary N) is 1. The molecule has 1 aromatic carbocycles. The number of anilines is 2. The molecule has 31 heavy (non-hydrogen) atoms. The van der Waals surface area contributed by atoms with Gasteiger partial charge in [-0.05, 0) is 31.3 Å². The van der Waals surface area contributed by atoms with Gasteiger partial charge in [0.1, 0.15) is 22.1 Å². The van der Waals surface area contributed by atoms with E-state index in [2.05, 4.69) is 15.4 Å². The van der Waals surface area contributed by atoms with Crippen LogP contribution in [0.4, 0.5) is 11.5 Å². The monoisotopic (exact) mass is 457 g/mol. The van der Waals surface area contributed by atoms with Crippen LogP contribution in [0.2, 0.25) is 10.0 Å². The molecular formula is C21H21Cl2N7O. The Morgan fingerprint density at radius 3 is 2.68 bits per heavy atom. The zero-order chi connectivity index (χ0) is 22.0. The zero-order valence-electron chi connectivity index (χ0n) is 17.3. The van der Waals surface area contributed by atoms with Gasteiger partial charge >= 0.3 is 0 Å². The molecule has 1 N–H and O–H groups in total. The van der Waals surface area contributed by atoms with Gasteiger partial charge in [0.25, 0.3) is 0 Å². The molecule has 0 unspecified atom stereocenters. The molecule has 0 amide bonds. The van der Waals surface area contributed by atoms with Gasteiger partial charge in [-0.25, -0.2) is 9.97 Å². The summed E-state index contributed by atoms with van der Waals surface area (Å²) in [6.07, 6.45) is 5.35. The molecule has 4 aromatic rings. The highest BCUT2D eigenvalue weighted by Gasteiger charge is 2.21. The number of aryl methyl sites for hydroxylation is 1. The number of pyridine rings is 1. The molecule has 0 radical (unpaired) electrons. The lowest BCUT2D eigenvalue weighted by atomic mass is 10.2. The lowest BCUT2D eigenvalue weighted by molar-refractivity contribution is 0.415. The van der Waals surface area contributed by atoms with E-state index in [9.17, 15) is 0 Å². The summed E-state index contributed by atoms with van der Waals surface area (Å²) in [7, 11) is 5.31. The van der Waals surface area contributed by atoms with Crippen LogP contribution in [0.15, 0.2) is 42.9 Å². The molecule has 160 valence electrons. The summed E-state index contributed by atoms with van der Waals surface area (Å²) < 4.78 is 7.10. The van der Waals surface area contributed by atoms with Crippen molar-refractivity contribution in [3.8, 4) is 17.0 Å². The van der Waals surface area contributed by atoms with Crippen molar-refractivity contribution >= 4 is 45.9 Å². The van der Waals surface area contributed by atoms with Crippen LogP contribution in [0.3, 0.4) is 0 Å². The molecule has 0 fully saturated rings. The number of halogens is 2. The van der Waals surface area contributed by atoms with Gasteiger partial charge in [0.2, 0.25) is 0 Å². The van der Waals surface area contributed by atoms with Gasteiger partial charge in [-0.15, -0.1) is 0 Å². The average Bonchev–Trinajstić information content (AvgIpc) is 3.21. The van der Waals surface area contributed by atoms with Gasteiger partial charge in [-0.1, -0.05) is 23.2 Å². The van der Waals surface area contributed by atoms with Gasteiger partial charge in [0.15, 0.2) is 5.65 Å². The molecule has 8 nitrogen and oxygen atoms in total. The molecule has 10 heteroatoms. The third-order valence-electron chi connectivity index (χ3n) is 4.78. The number of ether oxygens (including phenoxy) is 1. The summed E-state index contributed by atoms with van der Waals surface area (Å²) in [6, 6.07) is 7.26. The smallest absolute Gasteiger partial charge is 0.180 e. The number of hydrogen-bond donors (Lipinski definition) is 1. The summed E-state index contributed by atoms with van der Waals surface area (Å²) in [5.74, 6) is 1.19. The Hall–Kier alpha value is -2.94. The first-order chi connectivity index (χ1) is 15.0. The second-order valence-electron chi connectivity index (χ2n) is 6.84. The Labute approximate surface area is 189 Å². The molecule has 0 saturated carbocycles. The molecule has 0 spiro atoms. The average molecular weight is 458 g/mol. The molecule has 4 rings (SSSR count). The number of rotatable bonds is 7. The molecule has 0 aliphatic rings. The highest BCUT2D eigenvalue weighted by molar-refractivity contribution is 6.40. The van der Waals surface area contributed by atoms with Crippen molar-refractivity contribution in [2.45, 2.75) is 0 Å². The Morgan fingerprint density at radius 2 is 1.97 bits per heavy atom. The summed E-state index contributed by atoms with van der Waals surface area (Å²) in [5, 5.41) is 8.27. The topological polar surface area (TPSA) is 81.0 Å². The first-order valence-corrected chi connectivity index (χ1v) is 10.3. The predicted octanol–water partition coefficient (Wildman–Crippen LogP) is 4.10. The largest absolute Gasteiger partial charge is 0.495 e. The minimum absolute atomic E-state index is 0.420. The first kappa shape index (κ1) is 21.3. The van der Waals surface area contributed by atoms with Crippen LogP contribution in [-0.4, -0.2) is 52.0 Å². The second-order valence-corrected chi connectivity index (χ2v) is 7.62. The highest BCUT2D eigenvalue weighted by Crippen LogP contribution is 2.42. The van der Waals surface area contributed by atoms with Crippen molar-refractivity contribution in [1.29, 1.82) is 0 Å². The van der Waals surface area contributed by atoms with E-state index < -0.39 is 0 Å². The second kappa shape index (κ2) is 9.05. The Balaban J connectivity index is 1.83. The van der Waals surface area contributed by atoms with Crippen molar-refractivity contribution in [2.75, 3.05) is 32.1 Å². The number of hydrogen-bond acceptors (Lipinski definition) is 7. The maximum Gasteiger partial charge on any atom is 0.180 e. The minimum atomic E-state index is 0.420. The van der Waals surface area contributed by atoms with Crippen molar-refractivity contribution in [1.82, 2.24) is 30.0 Å². The van der Waals surface area contributed by atoms with E-state index in [0.29, 0.717) is 57.2 Å². The summed E-state index contributed by atoms with van der Waals surface area (Å²) in [5.41, 5.74) is 3.40. The number of fused-ring (bicyclic) bond motifs is 1. The lowest BCUT2D eigenvalue weighted by Crippen LogP contribution is -2.28. The standard InChI is InChI=1S/C21H21Cl2N7O/c1-24-8-9-30(20-14(22)4-6-17(31-3)19(20)23)18-7-5-15-21(28-18)27-16(11-25-15)13-10-26-29(2)12-13/h4-7,10-12,24H,8-9H2,1-3H3. The molecule has 0 aliphatic heterocycles. The van der Waals surface area contributed by atoms with E-state index in [1.165, 1.54) is 0 Å². The lowest BCUT2D eigenvalue weighted by Gasteiger charge is -2.26. The minimum Gasteiger partial charge on any atom is -0.495 e. The first-order valence-electron chi connectivity index (χ1n) is 9.58. The SMILES string of the molecule is CNCCN(c1ccc2ncc(-c3cnn(C)c3)nc2n1)c1c(Cl)ccc(OC)c1Cl. The van der Waals surface area contributed by atoms with E-state index in [1.807, 2.05) is 37.3 Å². The van der Waals surface area contributed by atoms with Crippen LogP contribution >= 0.6 is 23.2 Å². The third kappa shape index (κ3) is 4.27. The van der Waals surface area contributed by atoms with Gasteiger partial charge in [-0.2, -0.15) is 5.10 Å². The van der Waals surface area contributed by atoms with Gasteiger partial charge < -0.3 is 15.0 Å². The molecular weight excluding hydrogens is 437 g/mol. The Bertz CT molecular complexity index is 1230. The van der Waals surface area contributed by atoms with Crippen LogP contribution in [0.5, 0.6) is 5.75 Å². The van der Waals surface area contributed by atoms with Crippen molar-refractivity contribution < 1.29 is 4.74 Å². The highest BCUT2D eigenvalue weighted by atomic mass is 35.5. The number of benzene rings is 1. The molecule has 0 atom stereocenters. The van der Waals surface area contributed by atoms with Gasteiger partial charge in [0.05, 0.1) is 35.9 Å². The number of aromatic nitrogens is 5. The molecule has 3 aromatic heterocycles.